The van der Waals surface area contributed by atoms with E-state index >= 15 is 0 Å². The van der Waals surface area contributed by atoms with E-state index in [4.69, 9.17) is 0 Å². The number of rotatable bonds is 1. The first kappa shape index (κ1) is 9.45. The van der Waals surface area contributed by atoms with Gasteiger partial charge in [-0.2, -0.15) is 4.99 Å². The minimum Gasteiger partial charge on any atom is -0.267 e. The molecule has 1 aliphatic carbocycles. The lowest BCUT2D eigenvalue weighted by molar-refractivity contribution is -0.496. The lowest BCUT2D eigenvalue weighted by Gasteiger charge is -2.13. The molecule has 0 aromatic heterocycles. The number of carbonyl (C=O) groups excluding carboxylic acids is 1. The van der Waals surface area contributed by atoms with E-state index in [1.165, 1.54) is 18.2 Å². The van der Waals surface area contributed by atoms with Gasteiger partial charge in [-0.3, -0.25) is 14.9 Å². The lowest BCUT2D eigenvalue weighted by Crippen LogP contribution is -2.25. The number of amides is 1. The summed E-state index contributed by atoms with van der Waals surface area (Å²) in [6, 6.07) is -0.962. The van der Waals surface area contributed by atoms with E-state index in [9.17, 15) is 14.9 Å². The average Bonchev–Trinajstić information content (AvgIpc) is 2.16. The number of aliphatic imine (C=N–C) groups is 2. The number of allylic oxidation sites excluding steroid dienone is 1. The van der Waals surface area contributed by atoms with Gasteiger partial charge in [0.05, 0.1) is 11.3 Å². The van der Waals surface area contributed by atoms with Crippen LogP contribution in [-0.4, -0.2) is 28.4 Å². The first-order valence-electron chi connectivity index (χ1n) is 4.30. The van der Waals surface area contributed by atoms with Crippen LogP contribution in [0.3, 0.4) is 0 Å². The molecule has 1 aliphatic heterocycles. The zero-order valence-electron chi connectivity index (χ0n) is 7.88. The Morgan fingerprint density at radius 2 is 2.20 bits per heavy atom. The highest BCUT2D eigenvalue weighted by Gasteiger charge is 2.27. The van der Waals surface area contributed by atoms with Crippen molar-refractivity contribution in [3.8, 4) is 0 Å². The van der Waals surface area contributed by atoms with E-state index in [2.05, 4.69) is 9.98 Å². The monoisotopic (exact) mass is 205 g/mol. The Morgan fingerprint density at radius 3 is 2.87 bits per heavy atom. The van der Waals surface area contributed by atoms with E-state index in [-0.39, 0.29) is 5.57 Å². The standard InChI is InChI=1S/C9H7N3O3/c1-5-10-8-3-2-6(12(14)15)4-7(8)9(13)11-5/h2-4,6H,1H3. The number of amidine groups is 1. The van der Waals surface area contributed by atoms with Gasteiger partial charge >= 0.3 is 0 Å². The van der Waals surface area contributed by atoms with E-state index in [0.717, 1.165) is 0 Å². The van der Waals surface area contributed by atoms with Crippen molar-refractivity contribution in [2.24, 2.45) is 9.98 Å². The summed E-state index contributed by atoms with van der Waals surface area (Å²) in [4.78, 5) is 29.1. The minimum atomic E-state index is -0.962. The second-order valence-electron chi connectivity index (χ2n) is 3.18. The number of nitrogens with zero attached hydrogens (tertiary/aromatic N) is 3. The molecule has 2 rings (SSSR count). The van der Waals surface area contributed by atoms with Gasteiger partial charge in [0, 0.05) is 11.0 Å². The molecule has 0 N–H and O–H groups in total. The van der Waals surface area contributed by atoms with Gasteiger partial charge in [0.1, 0.15) is 5.84 Å². The molecule has 0 saturated heterocycles. The quantitative estimate of drug-likeness (QED) is 0.462. The van der Waals surface area contributed by atoms with Crippen LogP contribution in [-0.2, 0) is 4.79 Å². The molecule has 6 heteroatoms. The van der Waals surface area contributed by atoms with Gasteiger partial charge in [-0.1, -0.05) is 0 Å². The van der Waals surface area contributed by atoms with Gasteiger partial charge in [-0.25, -0.2) is 4.99 Å². The maximum absolute atomic E-state index is 11.4. The zero-order valence-corrected chi connectivity index (χ0v) is 7.88. The molecule has 1 amide bonds. The van der Waals surface area contributed by atoms with Crippen molar-refractivity contribution in [3.05, 3.63) is 33.9 Å². The number of fused-ring (bicyclic) bond motifs is 1. The van der Waals surface area contributed by atoms with Crippen LogP contribution in [0.1, 0.15) is 6.92 Å². The zero-order chi connectivity index (χ0) is 11.0. The molecule has 6 nitrogen and oxygen atoms in total. The van der Waals surface area contributed by atoms with Crippen LogP contribution in [0, 0.1) is 10.1 Å². The molecule has 0 bridgehead atoms. The molecule has 0 radical (unpaired) electrons. The van der Waals surface area contributed by atoms with Crippen LogP contribution < -0.4 is 0 Å². The van der Waals surface area contributed by atoms with Crippen molar-refractivity contribution >= 4 is 17.5 Å². The van der Waals surface area contributed by atoms with E-state index in [1.807, 2.05) is 0 Å². The van der Waals surface area contributed by atoms with Gasteiger partial charge in [0.2, 0.25) is 0 Å². The van der Waals surface area contributed by atoms with Gasteiger partial charge in [0.15, 0.2) is 0 Å². The molecule has 15 heavy (non-hydrogen) atoms. The van der Waals surface area contributed by atoms with Crippen LogP contribution in [0.25, 0.3) is 0 Å². The van der Waals surface area contributed by atoms with Crippen molar-refractivity contribution in [2.45, 2.75) is 13.0 Å². The lowest BCUT2D eigenvalue weighted by atomic mass is 9.99. The predicted molar refractivity (Wildman–Crippen MR) is 53.6 cm³/mol. The molecule has 0 aromatic carbocycles. The minimum absolute atomic E-state index is 0.213. The van der Waals surface area contributed by atoms with Crippen LogP contribution in [0.5, 0.6) is 0 Å². The summed E-state index contributed by atoms with van der Waals surface area (Å²) in [6.07, 6.45) is 4.16. The van der Waals surface area contributed by atoms with Crippen molar-refractivity contribution < 1.29 is 9.72 Å². The Balaban J connectivity index is 2.42. The van der Waals surface area contributed by atoms with E-state index < -0.39 is 16.9 Å². The average molecular weight is 205 g/mol. The number of carbonyl (C=O) groups is 1. The highest BCUT2D eigenvalue weighted by molar-refractivity contribution is 6.32. The van der Waals surface area contributed by atoms with Crippen molar-refractivity contribution in [1.82, 2.24) is 0 Å². The molecule has 1 unspecified atom stereocenters. The third-order valence-electron chi connectivity index (χ3n) is 2.08. The second kappa shape index (κ2) is 3.23. The van der Waals surface area contributed by atoms with Crippen LogP contribution in [0.2, 0.25) is 0 Å². The Hall–Kier alpha value is -2.11. The largest absolute Gasteiger partial charge is 0.280 e. The normalized spacial score (nSPS) is 23.9. The first-order chi connectivity index (χ1) is 7.08. The molecule has 0 saturated carbocycles. The summed E-state index contributed by atoms with van der Waals surface area (Å²) in [5.74, 6) is -0.0925. The number of hydrogen-bond donors (Lipinski definition) is 0. The molecular weight excluding hydrogens is 198 g/mol. The topological polar surface area (TPSA) is 84.9 Å². The maximum atomic E-state index is 11.4. The summed E-state index contributed by atoms with van der Waals surface area (Å²) in [7, 11) is 0. The van der Waals surface area contributed by atoms with Gasteiger partial charge in [0.25, 0.3) is 11.9 Å². The second-order valence-corrected chi connectivity index (χ2v) is 3.18. The van der Waals surface area contributed by atoms with E-state index in [0.29, 0.717) is 11.5 Å². The fourth-order valence-electron chi connectivity index (χ4n) is 1.41. The molecule has 0 aromatic rings. The van der Waals surface area contributed by atoms with Crippen molar-refractivity contribution in [1.29, 1.82) is 0 Å². The van der Waals surface area contributed by atoms with Gasteiger partial charge in [-0.05, 0) is 19.1 Å². The smallest absolute Gasteiger partial charge is 0.267 e. The fourth-order valence-corrected chi connectivity index (χ4v) is 1.41. The van der Waals surface area contributed by atoms with Crippen molar-refractivity contribution in [3.63, 3.8) is 0 Å². The summed E-state index contributed by atoms with van der Waals surface area (Å²) < 4.78 is 0. The van der Waals surface area contributed by atoms with Gasteiger partial charge in [-0.15, -0.1) is 0 Å². The molecule has 2 aliphatic rings. The molecule has 0 spiro atoms. The SMILES string of the molecule is CC1=NC(=O)C2=CC([N+](=O)[O-])C=CC2=N1. The highest BCUT2D eigenvalue weighted by Crippen LogP contribution is 2.16. The molecule has 1 heterocycles. The molecule has 1 atom stereocenters. The summed E-state index contributed by atoms with van der Waals surface area (Å²) >= 11 is 0. The molecular formula is C9H7N3O3. The van der Waals surface area contributed by atoms with Crippen molar-refractivity contribution in [2.75, 3.05) is 0 Å². The maximum Gasteiger partial charge on any atom is 0.280 e. The van der Waals surface area contributed by atoms with E-state index in [1.54, 1.807) is 6.92 Å². The summed E-state index contributed by atoms with van der Waals surface area (Å²) in [5, 5.41) is 10.5. The van der Waals surface area contributed by atoms with Crippen LogP contribution >= 0.6 is 0 Å². The molecule has 0 fully saturated rings. The molecule has 76 valence electrons. The number of hydrogen-bond acceptors (Lipinski definition) is 4. The van der Waals surface area contributed by atoms with Gasteiger partial charge < -0.3 is 0 Å². The highest BCUT2D eigenvalue weighted by atomic mass is 16.6. The number of nitro groups is 1. The Bertz CT molecular complexity index is 471. The summed E-state index contributed by atoms with van der Waals surface area (Å²) in [6.45, 7) is 1.61. The Labute approximate surface area is 84.9 Å². The van der Waals surface area contributed by atoms with Crippen LogP contribution in [0.4, 0.5) is 0 Å². The Morgan fingerprint density at radius 1 is 1.47 bits per heavy atom. The fraction of sp³-hybridized carbons (Fsp3) is 0.222. The summed E-state index contributed by atoms with van der Waals surface area (Å²) in [5.41, 5.74) is 0.662. The third kappa shape index (κ3) is 1.61. The predicted octanol–water partition coefficient (Wildman–Crippen LogP) is 0.527. The first-order valence-corrected chi connectivity index (χ1v) is 4.30. The Kier molecular flexibility index (Phi) is 2.03. The van der Waals surface area contributed by atoms with Crippen LogP contribution in [0.15, 0.2) is 33.8 Å². The third-order valence-corrected chi connectivity index (χ3v) is 2.08.